The molecule has 0 aliphatic heterocycles. The van der Waals surface area contributed by atoms with E-state index in [4.69, 9.17) is 9.47 Å². The monoisotopic (exact) mass is 498 g/mol. The predicted octanol–water partition coefficient (Wildman–Crippen LogP) is 3.29. The third kappa shape index (κ3) is 6.56. The molecule has 2 N–H and O–H groups in total. The zero-order valence-corrected chi connectivity index (χ0v) is 19.6. The molecule has 0 aromatic heterocycles. The first-order valence-electron chi connectivity index (χ1n) is 8.96. The van der Waals surface area contributed by atoms with Crippen molar-refractivity contribution < 1.29 is 9.47 Å². The van der Waals surface area contributed by atoms with Gasteiger partial charge in [0.2, 0.25) is 0 Å². The fourth-order valence-electron chi connectivity index (χ4n) is 2.95. The molecule has 0 bridgehead atoms. The van der Waals surface area contributed by atoms with Crippen LogP contribution in [-0.2, 0) is 6.54 Å². The van der Waals surface area contributed by atoms with Crippen molar-refractivity contribution in [3.05, 3.63) is 59.7 Å². The van der Waals surface area contributed by atoms with Gasteiger partial charge in [-0.2, -0.15) is 0 Å². The maximum absolute atomic E-state index is 5.53. The zero-order valence-electron chi connectivity index (χ0n) is 17.2. The molecule has 2 rings (SSSR count). The van der Waals surface area contributed by atoms with Crippen LogP contribution in [0.3, 0.4) is 0 Å². The van der Waals surface area contributed by atoms with Gasteiger partial charge in [0.25, 0.3) is 0 Å². The Morgan fingerprint density at radius 2 is 1.57 bits per heavy atom. The minimum Gasteiger partial charge on any atom is -0.496 e. The summed E-state index contributed by atoms with van der Waals surface area (Å²) in [7, 11) is 9.27. The van der Waals surface area contributed by atoms with Crippen molar-refractivity contribution in [3.8, 4) is 11.5 Å². The maximum atomic E-state index is 5.53. The lowest BCUT2D eigenvalue weighted by molar-refractivity contribution is 0.287. The molecule has 0 aliphatic rings. The van der Waals surface area contributed by atoms with Crippen LogP contribution in [0.2, 0.25) is 0 Å². The summed E-state index contributed by atoms with van der Waals surface area (Å²) in [4.78, 5) is 6.50. The van der Waals surface area contributed by atoms with E-state index in [1.807, 2.05) is 42.5 Å². The Hall–Kier alpha value is -2.00. The number of halogens is 1. The van der Waals surface area contributed by atoms with Gasteiger partial charge in [0.15, 0.2) is 5.96 Å². The van der Waals surface area contributed by atoms with Crippen molar-refractivity contribution in [2.24, 2.45) is 4.99 Å². The van der Waals surface area contributed by atoms with Gasteiger partial charge >= 0.3 is 0 Å². The number of benzene rings is 2. The lowest BCUT2D eigenvalue weighted by Gasteiger charge is -2.27. The first kappa shape index (κ1) is 24.0. The van der Waals surface area contributed by atoms with Crippen molar-refractivity contribution in [2.45, 2.75) is 12.6 Å². The van der Waals surface area contributed by atoms with Crippen molar-refractivity contribution in [1.29, 1.82) is 0 Å². The minimum absolute atomic E-state index is 0. The van der Waals surface area contributed by atoms with E-state index in [0.29, 0.717) is 13.1 Å². The van der Waals surface area contributed by atoms with Crippen LogP contribution >= 0.6 is 24.0 Å². The quantitative estimate of drug-likeness (QED) is 0.333. The van der Waals surface area contributed by atoms with Gasteiger partial charge in [0.1, 0.15) is 11.5 Å². The number of rotatable bonds is 8. The number of guanidine groups is 1. The Labute approximate surface area is 185 Å². The number of hydrogen-bond acceptors (Lipinski definition) is 4. The minimum atomic E-state index is 0. The fraction of sp³-hybridized carbons (Fsp3) is 0.381. The number of para-hydroxylation sites is 2. The Kier molecular flexibility index (Phi) is 10.7. The molecule has 1 atom stereocenters. The SMILES string of the molecule is CN=C(NCc1ccccc1OC)NCC(c1ccccc1OC)N(C)C.I. The molecule has 0 heterocycles. The standard InChI is InChI=1S/C21H30N4O2.HI/c1-22-21(23-14-16-10-6-8-12-19(16)26-4)24-15-18(25(2)3)17-11-7-9-13-20(17)27-5;/h6-13,18H,14-15H2,1-5H3,(H2,22,23,24);1H. The third-order valence-corrected chi connectivity index (χ3v) is 4.45. The van der Waals surface area contributed by atoms with E-state index in [9.17, 15) is 0 Å². The molecule has 0 fully saturated rings. The second-order valence-corrected chi connectivity index (χ2v) is 6.34. The van der Waals surface area contributed by atoms with Crippen molar-refractivity contribution in [1.82, 2.24) is 15.5 Å². The average Bonchev–Trinajstić information content (AvgIpc) is 2.70. The molecular weight excluding hydrogens is 467 g/mol. The van der Waals surface area contributed by atoms with E-state index >= 15 is 0 Å². The highest BCUT2D eigenvalue weighted by molar-refractivity contribution is 14.0. The number of ether oxygens (including phenoxy) is 2. The van der Waals surface area contributed by atoms with Gasteiger partial charge in [-0.1, -0.05) is 36.4 Å². The van der Waals surface area contributed by atoms with Gasteiger partial charge in [-0.25, -0.2) is 0 Å². The van der Waals surface area contributed by atoms with Crippen molar-refractivity contribution in [2.75, 3.05) is 41.9 Å². The van der Waals surface area contributed by atoms with Crippen LogP contribution in [-0.4, -0.2) is 52.8 Å². The highest BCUT2D eigenvalue weighted by Crippen LogP contribution is 2.27. The van der Waals surface area contributed by atoms with Gasteiger partial charge in [-0.15, -0.1) is 24.0 Å². The Balaban J connectivity index is 0.00000392. The van der Waals surface area contributed by atoms with E-state index < -0.39 is 0 Å². The molecule has 0 aliphatic carbocycles. The summed E-state index contributed by atoms with van der Waals surface area (Å²) >= 11 is 0. The number of nitrogens with one attached hydrogen (secondary N) is 2. The van der Waals surface area contributed by atoms with E-state index in [2.05, 4.69) is 40.7 Å². The summed E-state index contributed by atoms with van der Waals surface area (Å²) in [6, 6.07) is 16.2. The van der Waals surface area contributed by atoms with Crippen molar-refractivity contribution in [3.63, 3.8) is 0 Å². The van der Waals surface area contributed by atoms with E-state index in [1.165, 1.54) is 0 Å². The first-order chi connectivity index (χ1) is 13.1. The molecule has 0 saturated carbocycles. The third-order valence-electron chi connectivity index (χ3n) is 4.45. The summed E-state index contributed by atoms with van der Waals surface area (Å²) < 4.78 is 10.9. The van der Waals surface area contributed by atoms with Crippen LogP contribution in [0.1, 0.15) is 17.2 Å². The highest BCUT2D eigenvalue weighted by Gasteiger charge is 2.18. The summed E-state index contributed by atoms with van der Waals surface area (Å²) in [5, 5.41) is 6.75. The first-order valence-corrected chi connectivity index (χ1v) is 8.96. The van der Waals surface area contributed by atoms with E-state index in [0.717, 1.165) is 28.6 Å². The molecule has 7 heteroatoms. The van der Waals surface area contributed by atoms with Crippen LogP contribution < -0.4 is 20.1 Å². The fourth-order valence-corrected chi connectivity index (χ4v) is 2.95. The molecule has 28 heavy (non-hydrogen) atoms. The lowest BCUT2D eigenvalue weighted by atomic mass is 10.0. The zero-order chi connectivity index (χ0) is 19.6. The molecule has 0 spiro atoms. The Bertz CT molecular complexity index is 753. The van der Waals surface area contributed by atoms with Gasteiger partial charge in [0.05, 0.1) is 20.3 Å². The Morgan fingerprint density at radius 3 is 2.18 bits per heavy atom. The van der Waals surface area contributed by atoms with Crippen LogP contribution in [0.25, 0.3) is 0 Å². The lowest BCUT2D eigenvalue weighted by Crippen LogP contribution is -2.41. The number of aliphatic imine (C=N–C) groups is 1. The van der Waals surface area contributed by atoms with E-state index in [1.54, 1.807) is 21.3 Å². The molecule has 6 nitrogen and oxygen atoms in total. The summed E-state index contributed by atoms with van der Waals surface area (Å²) in [5.74, 6) is 2.48. The van der Waals surface area contributed by atoms with Crippen LogP contribution in [0.4, 0.5) is 0 Å². The highest BCUT2D eigenvalue weighted by atomic mass is 127. The largest absolute Gasteiger partial charge is 0.496 e. The molecular formula is C21H31IN4O2. The second-order valence-electron chi connectivity index (χ2n) is 6.34. The molecule has 0 radical (unpaired) electrons. The maximum Gasteiger partial charge on any atom is 0.191 e. The van der Waals surface area contributed by atoms with E-state index in [-0.39, 0.29) is 30.0 Å². The van der Waals surface area contributed by atoms with Crippen molar-refractivity contribution >= 4 is 29.9 Å². The topological polar surface area (TPSA) is 58.1 Å². The Morgan fingerprint density at radius 1 is 0.964 bits per heavy atom. The second kappa shape index (κ2) is 12.5. The molecule has 154 valence electrons. The predicted molar refractivity (Wildman–Crippen MR) is 126 cm³/mol. The average molecular weight is 498 g/mol. The van der Waals surface area contributed by atoms with Gasteiger partial charge in [-0.3, -0.25) is 4.99 Å². The number of methoxy groups -OCH3 is 2. The summed E-state index contributed by atoms with van der Waals surface area (Å²) in [5.41, 5.74) is 2.22. The van der Waals surface area contributed by atoms with Crippen LogP contribution in [0.5, 0.6) is 11.5 Å². The van der Waals surface area contributed by atoms with Crippen LogP contribution in [0, 0.1) is 0 Å². The van der Waals surface area contributed by atoms with Crippen LogP contribution in [0.15, 0.2) is 53.5 Å². The normalized spacial score (nSPS) is 12.1. The van der Waals surface area contributed by atoms with Gasteiger partial charge < -0.3 is 25.0 Å². The molecule has 2 aromatic rings. The van der Waals surface area contributed by atoms with Gasteiger partial charge in [0, 0.05) is 31.3 Å². The molecule has 2 aromatic carbocycles. The number of likely N-dealkylation sites (N-methyl/N-ethyl adjacent to an activating group) is 1. The summed E-state index contributed by atoms with van der Waals surface area (Å²) in [6.07, 6.45) is 0. The smallest absolute Gasteiger partial charge is 0.191 e. The number of nitrogens with zero attached hydrogens (tertiary/aromatic N) is 2. The van der Waals surface area contributed by atoms with Gasteiger partial charge in [-0.05, 0) is 26.2 Å². The summed E-state index contributed by atoms with van der Waals surface area (Å²) in [6.45, 7) is 1.32. The number of hydrogen-bond donors (Lipinski definition) is 2. The molecule has 0 saturated heterocycles. The molecule has 1 unspecified atom stereocenters. The molecule has 0 amide bonds.